The summed E-state index contributed by atoms with van der Waals surface area (Å²) in [6, 6.07) is 12.0. The van der Waals surface area contributed by atoms with Gasteiger partial charge >= 0.3 is 0 Å². The van der Waals surface area contributed by atoms with Crippen LogP contribution >= 0.6 is 11.3 Å². The van der Waals surface area contributed by atoms with Crippen LogP contribution in [0.4, 0.5) is 0 Å². The highest BCUT2D eigenvalue weighted by atomic mass is 32.1. The van der Waals surface area contributed by atoms with Crippen LogP contribution in [0.15, 0.2) is 36.4 Å². The Bertz CT molecular complexity index is 894. The minimum atomic E-state index is -0.0387. The summed E-state index contributed by atoms with van der Waals surface area (Å²) in [6.45, 7) is 4.78. The number of nitrogens with one attached hydrogen (secondary N) is 1. The third-order valence-corrected chi connectivity index (χ3v) is 5.76. The monoisotopic (exact) mass is 355 g/mol. The van der Waals surface area contributed by atoms with E-state index in [4.69, 9.17) is 4.74 Å². The van der Waals surface area contributed by atoms with Crippen molar-refractivity contribution in [2.45, 2.75) is 38.8 Å². The van der Waals surface area contributed by atoms with Gasteiger partial charge in [-0.15, -0.1) is 11.3 Å². The summed E-state index contributed by atoms with van der Waals surface area (Å²) in [6.07, 6.45) is 2.20. The van der Waals surface area contributed by atoms with Crippen molar-refractivity contribution in [2.24, 2.45) is 0 Å². The fourth-order valence-electron chi connectivity index (χ4n) is 3.27. The van der Waals surface area contributed by atoms with Gasteiger partial charge in [-0.1, -0.05) is 18.2 Å². The number of hydrogen-bond acceptors (Lipinski definition) is 4. The molecule has 0 bridgehead atoms. The van der Waals surface area contributed by atoms with Crippen molar-refractivity contribution in [3.05, 3.63) is 47.0 Å². The second-order valence-electron chi connectivity index (χ2n) is 6.48. The Morgan fingerprint density at radius 2 is 2.20 bits per heavy atom. The van der Waals surface area contributed by atoms with Crippen LogP contribution in [0.1, 0.15) is 35.1 Å². The number of ether oxygens (including phenoxy) is 1. The Morgan fingerprint density at radius 3 is 2.92 bits per heavy atom. The number of benzene rings is 1. The Balaban J connectivity index is 1.62. The minimum Gasteiger partial charge on any atom is -0.376 e. The zero-order valence-electron chi connectivity index (χ0n) is 14.4. The predicted molar refractivity (Wildman–Crippen MR) is 99.6 cm³/mol. The number of aromatic nitrogens is 2. The average molecular weight is 355 g/mol. The van der Waals surface area contributed by atoms with Crippen molar-refractivity contribution in [1.29, 1.82) is 0 Å². The van der Waals surface area contributed by atoms with Gasteiger partial charge in [-0.2, -0.15) is 5.10 Å². The molecule has 3 aromatic rings. The van der Waals surface area contributed by atoms with E-state index in [9.17, 15) is 4.79 Å². The SMILES string of the molecule is Cc1nn(-c2ccccc2)c2sc(C(=O)NC(C)C3CCCO3)cc12. The fourth-order valence-corrected chi connectivity index (χ4v) is 4.36. The molecule has 3 heterocycles. The fraction of sp³-hybridized carbons (Fsp3) is 0.368. The van der Waals surface area contributed by atoms with Crippen LogP contribution in [0.2, 0.25) is 0 Å². The number of nitrogens with zero attached hydrogens (tertiary/aromatic N) is 2. The number of carbonyl (C=O) groups excluding carboxylic acids is 1. The summed E-state index contributed by atoms with van der Waals surface area (Å²) in [5, 5.41) is 8.74. The Kier molecular flexibility index (Phi) is 4.31. The number of carbonyl (C=O) groups is 1. The lowest BCUT2D eigenvalue weighted by Gasteiger charge is -2.19. The summed E-state index contributed by atoms with van der Waals surface area (Å²) >= 11 is 1.48. The van der Waals surface area contributed by atoms with E-state index in [1.807, 2.05) is 54.9 Å². The number of amides is 1. The molecular formula is C19H21N3O2S. The molecule has 6 heteroatoms. The van der Waals surface area contributed by atoms with Gasteiger partial charge in [0.15, 0.2) is 0 Å². The molecule has 2 atom stereocenters. The number of aryl methyl sites for hydroxylation is 1. The summed E-state index contributed by atoms with van der Waals surface area (Å²) in [5.41, 5.74) is 1.93. The number of para-hydroxylation sites is 1. The molecule has 0 aliphatic carbocycles. The minimum absolute atomic E-state index is 0.0203. The van der Waals surface area contributed by atoms with Crippen LogP contribution < -0.4 is 5.32 Å². The highest BCUT2D eigenvalue weighted by molar-refractivity contribution is 7.20. The molecule has 1 fully saturated rings. The first-order valence-corrected chi connectivity index (χ1v) is 9.42. The van der Waals surface area contributed by atoms with E-state index in [0.29, 0.717) is 4.88 Å². The van der Waals surface area contributed by atoms with Crippen molar-refractivity contribution >= 4 is 27.5 Å². The highest BCUT2D eigenvalue weighted by Gasteiger charge is 2.25. The van der Waals surface area contributed by atoms with Gasteiger partial charge in [0, 0.05) is 12.0 Å². The van der Waals surface area contributed by atoms with E-state index < -0.39 is 0 Å². The third-order valence-electron chi connectivity index (χ3n) is 4.65. The van der Waals surface area contributed by atoms with Gasteiger partial charge in [0.2, 0.25) is 0 Å². The van der Waals surface area contributed by atoms with E-state index in [1.165, 1.54) is 11.3 Å². The number of fused-ring (bicyclic) bond motifs is 1. The molecule has 130 valence electrons. The van der Waals surface area contributed by atoms with Crippen molar-refractivity contribution < 1.29 is 9.53 Å². The van der Waals surface area contributed by atoms with Gasteiger partial charge in [0.05, 0.1) is 28.4 Å². The van der Waals surface area contributed by atoms with E-state index in [-0.39, 0.29) is 18.1 Å². The number of rotatable bonds is 4. The van der Waals surface area contributed by atoms with Crippen LogP contribution in [0.5, 0.6) is 0 Å². The van der Waals surface area contributed by atoms with Gasteiger partial charge in [-0.3, -0.25) is 4.79 Å². The van der Waals surface area contributed by atoms with Crippen LogP contribution in [0, 0.1) is 6.92 Å². The quantitative estimate of drug-likeness (QED) is 0.776. The molecule has 1 aromatic carbocycles. The molecule has 4 rings (SSSR count). The maximum Gasteiger partial charge on any atom is 0.261 e. The van der Waals surface area contributed by atoms with Gasteiger partial charge in [0.25, 0.3) is 5.91 Å². The third kappa shape index (κ3) is 3.07. The standard InChI is InChI=1S/C19H21N3O2S/c1-12-15-11-17(18(23)20-13(2)16-9-6-10-24-16)25-19(15)22(21-12)14-7-4-3-5-8-14/h3-5,7-8,11,13,16H,6,9-10H2,1-2H3,(H,20,23). The van der Waals surface area contributed by atoms with Gasteiger partial charge in [0.1, 0.15) is 4.83 Å². The smallest absolute Gasteiger partial charge is 0.261 e. The first-order valence-electron chi connectivity index (χ1n) is 8.60. The van der Waals surface area contributed by atoms with Crippen molar-refractivity contribution in [1.82, 2.24) is 15.1 Å². The molecule has 2 aromatic heterocycles. The van der Waals surface area contributed by atoms with Crippen LogP contribution in [-0.4, -0.2) is 34.4 Å². The molecule has 0 radical (unpaired) electrons. The van der Waals surface area contributed by atoms with E-state index >= 15 is 0 Å². The molecule has 1 aliphatic rings. The topological polar surface area (TPSA) is 56.2 Å². The van der Waals surface area contributed by atoms with Gasteiger partial charge < -0.3 is 10.1 Å². The zero-order valence-corrected chi connectivity index (χ0v) is 15.2. The lowest BCUT2D eigenvalue weighted by Crippen LogP contribution is -2.40. The first kappa shape index (κ1) is 16.3. The van der Waals surface area contributed by atoms with E-state index in [0.717, 1.165) is 41.0 Å². The molecule has 0 saturated carbocycles. The van der Waals surface area contributed by atoms with E-state index in [2.05, 4.69) is 10.4 Å². The predicted octanol–water partition coefficient (Wildman–Crippen LogP) is 3.69. The molecule has 1 saturated heterocycles. The summed E-state index contributed by atoms with van der Waals surface area (Å²) < 4.78 is 7.58. The van der Waals surface area contributed by atoms with Crippen molar-refractivity contribution in [2.75, 3.05) is 6.61 Å². The Labute approximate surface area is 150 Å². The van der Waals surface area contributed by atoms with Crippen LogP contribution in [0.3, 0.4) is 0 Å². The summed E-state index contributed by atoms with van der Waals surface area (Å²) in [7, 11) is 0. The van der Waals surface area contributed by atoms with Crippen LogP contribution in [0.25, 0.3) is 15.9 Å². The number of thiophene rings is 1. The van der Waals surface area contributed by atoms with Crippen molar-refractivity contribution in [3.63, 3.8) is 0 Å². The summed E-state index contributed by atoms with van der Waals surface area (Å²) in [4.78, 5) is 14.4. The molecule has 1 amide bonds. The molecule has 2 unspecified atom stereocenters. The lowest BCUT2D eigenvalue weighted by atomic mass is 10.1. The second-order valence-corrected chi connectivity index (χ2v) is 7.51. The first-order chi connectivity index (χ1) is 12.1. The zero-order chi connectivity index (χ0) is 17.4. The van der Waals surface area contributed by atoms with Crippen molar-refractivity contribution in [3.8, 4) is 5.69 Å². The van der Waals surface area contributed by atoms with Crippen LogP contribution in [-0.2, 0) is 4.74 Å². The largest absolute Gasteiger partial charge is 0.376 e. The van der Waals surface area contributed by atoms with Gasteiger partial charge in [-0.25, -0.2) is 4.68 Å². The van der Waals surface area contributed by atoms with E-state index in [1.54, 1.807) is 0 Å². The van der Waals surface area contributed by atoms with Gasteiger partial charge in [-0.05, 0) is 44.9 Å². The Hall–Kier alpha value is -2.18. The molecular weight excluding hydrogens is 334 g/mol. The molecule has 25 heavy (non-hydrogen) atoms. The summed E-state index contributed by atoms with van der Waals surface area (Å²) in [5.74, 6) is -0.0387. The second kappa shape index (κ2) is 6.61. The molecule has 0 spiro atoms. The Morgan fingerprint density at radius 1 is 1.40 bits per heavy atom. The average Bonchev–Trinajstić information content (AvgIpc) is 3.33. The lowest BCUT2D eigenvalue weighted by molar-refractivity contribution is 0.0714. The number of hydrogen-bond donors (Lipinski definition) is 1. The normalized spacial score (nSPS) is 18.6. The highest BCUT2D eigenvalue weighted by Crippen LogP contribution is 2.30. The molecule has 1 aliphatic heterocycles. The molecule has 1 N–H and O–H groups in total. The maximum absolute atomic E-state index is 12.7. The molecule has 5 nitrogen and oxygen atoms in total. The maximum atomic E-state index is 12.7.